The largest absolute Gasteiger partial charge is 0.490 e. The Bertz CT molecular complexity index is 1470. The molecule has 0 aliphatic carbocycles. The van der Waals surface area contributed by atoms with Gasteiger partial charge in [0, 0.05) is 17.7 Å². The summed E-state index contributed by atoms with van der Waals surface area (Å²) in [5, 5.41) is 5.15. The molecule has 8 nitrogen and oxygen atoms in total. The number of hydrogen-bond donors (Lipinski definition) is 1. The van der Waals surface area contributed by atoms with Gasteiger partial charge in [0.2, 0.25) is 0 Å². The number of rotatable bonds is 7. The molecule has 0 aliphatic rings. The van der Waals surface area contributed by atoms with E-state index in [0.717, 1.165) is 0 Å². The fourth-order valence-electron chi connectivity index (χ4n) is 3.77. The van der Waals surface area contributed by atoms with E-state index >= 15 is 0 Å². The third-order valence-corrected chi connectivity index (χ3v) is 5.75. The molecule has 0 bridgehead atoms. The molecule has 0 unspecified atom stereocenters. The van der Waals surface area contributed by atoms with Crippen molar-refractivity contribution in [3.8, 4) is 11.5 Å². The Morgan fingerprint density at radius 3 is 2.29 bits per heavy atom. The summed E-state index contributed by atoms with van der Waals surface area (Å²) < 4.78 is 13.1. The van der Waals surface area contributed by atoms with Gasteiger partial charge in [-0.2, -0.15) is 5.10 Å². The fourth-order valence-corrected chi connectivity index (χ4v) is 4.31. The number of carbonyl (C=O) groups is 2. The van der Waals surface area contributed by atoms with Crippen LogP contribution in [0.3, 0.4) is 0 Å². The van der Waals surface area contributed by atoms with Crippen molar-refractivity contribution in [1.29, 1.82) is 0 Å². The zero-order valence-corrected chi connectivity index (χ0v) is 20.7. The molecule has 0 atom stereocenters. The number of benzene rings is 3. The van der Waals surface area contributed by atoms with Crippen LogP contribution in [0.5, 0.6) is 11.5 Å². The van der Waals surface area contributed by atoms with Gasteiger partial charge in [0.15, 0.2) is 16.9 Å². The van der Waals surface area contributed by atoms with Crippen LogP contribution in [0.4, 0.5) is 0 Å². The number of fused-ring (bicyclic) bond motifs is 2. The molecule has 1 heterocycles. The number of aromatic nitrogens is 1. The van der Waals surface area contributed by atoms with Crippen LogP contribution in [0.2, 0.25) is 0 Å². The first kappa shape index (κ1) is 24.2. The maximum atomic E-state index is 12.9. The number of para-hydroxylation sites is 2. The highest BCUT2D eigenvalue weighted by Gasteiger charge is 2.15. The molecule has 0 spiro atoms. The minimum Gasteiger partial charge on any atom is -0.490 e. The van der Waals surface area contributed by atoms with Crippen molar-refractivity contribution in [3.05, 3.63) is 80.9 Å². The van der Waals surface area contributed by atoms with Gasteiger partial charge in [-0.3, -0.25) is 14.4 Å². The highest BCUT2D eigenvalue weighted by molar-refractivity contribution is 9.10. The molecule has 4 rings (SSSR count). The standard InChI is InChI=1S/C26H22BrN3O5/c1-3-34-23-13-17(12-20(27)26(23)35-16(2)31)14-28-29-24(32)15-30-21-10-6-4-8-18(21)25(33)19-9-5-7-11-22(19)30/h4-14H,3,15H2,1-2H3,(H,29,32)/b28-14-. The van der Waals surface area contributed by atoms with E-state index in [1.54, 1.807) is 41.0 Å². The Morgan fingerprint density at radius 2 is 1.69 bits per heavy atom. The topological polar surface area (TPSA) is 99.0 Å². The average Bonchev–Trinajstić information content (AvgIpc) is 2.84. The molecule has 35 heavy (non-hydrogen) atoms. The number of nitrogens with zero attached hydrogens (tertiary/aromatic N) is 2. The Hall–Kier alpha value is -3.98. The fraction of sp³-hybridized carbons (Fsp3) is 0.154. The second-order valence-corrected chi connectivity index (χ2v) is 8.45. The number of nitrogens with one attached hydrogen (secondary N) is 1. The first-order valence-corrected chi connectivity index (χ1v) is 11.6. The van der Waals surface area contributed by atoms with Crippen LogP contribution in [-0.2, 0) is 16.1 Å². The van der Waals surface area contributed by atoms with E-state index in [1.807, 2.05) is 31.2 Å². The number of esters is 1. The monoisotopic (exact) mass is 535 g/mol. The Balaban J connectivity index is 1.58. The Kier molecular flexibility index (Phi) is 7.26. The lowest BCUT2D eigenvalue weighted by Crippen LogP contribution is -2.25. The maximum Gasteiger partial charge on any atom is 0.308 e. The number of pyridine rings is 1. The van der Waals surface area contributed by atoms with Crippen molar-refractivity contribution in [2.45, 2.75) is 20.4 Å². The van der Waals surface area contributed by atoms with Crippen LogP contribution in [0.15, 0.2) is 75.0 Å². The van der Waals surface area contributed by atoms with E-state index in [2.05, 4.69) is 26.5 Å². The van der Waals surface area contributed by atoms with Gasteiger partial charge < -0.3 is 14.0 Å². The summed E-state index contributed by atoms with van der Waals surface area (Å²) in [5.74, 6) is -0.183. The van der Waals surface area contributed by atoms with Crippen LogP contribution in [0.1, 0.15) is 19.4 Å². The third kappa shape index (κ3) is 5.25. The van der Waals surface area contributed by atoms with Crippen molar-refractivity contribution in [2.24, 2.45) is 5.10 Å². The van der Waals surface area contributed by atoms with Crippen LogP contribution in [-0.4, -0.2) is 29.3 Å². The van der Waals surface area contributed by atoms with Crippen molar-refractivity contribution >= 4 is 55.8 Å². The molecule has 3 aromatic carbocycles. The van der Waals surface area contributed by atoms with Crippen LogP contribution in [0, 0.1) is 0 Å². The number of hydrazone groups is 1. The molecule has 0 saturated carbocycles. The van der Waals surface area contributed by atoms with Crippen LogP contribution < -0.4 is 20.3 Å². The van der Waals surface area contributed by atoms with Crippen molar-refractivity contribution in [3.63, 3.8) is 0 Å². The average molecular weight is 536 g/mol. The van der Waals surface area contributed by atoms with Crippen LogP contribution in [0.25, 0.3) is 21.8 Å². The molecule has 1 N–H and O–H groups in total. The zero-order valence-electron chi connectivity index (χ0n) is 19.1. The molecule has 0 fully saturated rings. The molecule has 9 heteroatoms. The highest BCUT2D eigenvalue weighted by atomic mass is 79.9. The summed E-state index contributed by atoms with van der Waals surface area (Å²) in [7, 11) is 0. The Morgan fingerprint density at radius 1 is 1.06 bits per heavy atom. The van der Waals surface area contributed by atoms with E-state index in [0.29, 0.717) is 44.2 Å². The molecule has 178 valence electrons. The van der Waals surface area contributed by atoms with E-state index < -0.39 is 5.97 Å². The zero-order chi connectivity index (χ0) is 24.9. The highest BCUT2D eigenvalue weighted by Crippen LogP contribution is 2.36. The summed E-state index contributed by atoms with van der Waals surface area (Å²) in [4.78, 5) is 37.0. The molecule has 0 saturated heterocycles. The lowest BCUT2D eigenvalue weighted by atomic mass is 10.1. The van der Waals surface area contributed by atoms with E-state index in [1.165, 1.54) is 13.1 Å². The molecule has 0 radical (unpaired) electrons. The molecule has 1 aromatic heterocycles. The summed E-state index contributed by atoms with van der Waals surface area (Å²) in [6.07, 6.45) is 1.46. The molecule has 1 amide bonds. The van der Waals surface area contributed by atoms with Crippen LogP contribution >= 0.6 is 15.9 Å². The smallest absolute Gasteiger partial charge is 0.308 e. The first-order chi connectivity index (χ1) is 16.9. The summed E-state index contributed by atoms with van der Waals surface area (Å²) in [6, 6.07) is 17.8. The summed E-state index contributed by atoms with van der Waals surface area (Å²) in [5.41, 5.74) is 4.42. The SMILES string of the molecule is CCOc1cc(/C=N\NC(=O)Cn2c3ccccc3c(=O)c3ccccc32)cc(Br)c1OC(C)=O. The molecular formula is C26H22BrN3O5. The van der Waals surface area contributed by atoms with E-state index in [-0.39, 0.29) is 23.6 Å². The first-order valence-electron chi connectivity index (χ1n) is 10.9. The molecule has 0 aliphatic heterocycles. The van der Waals surface area contributed by atoms with Gasteiger partial charge in [-0.05, 0) is 64.8 Å². The predicted octanol–water partition coefficient (Wildman–Crippen LogP) is 4.39. The van der Waals surface area contributed by atoms with E-state index in [9.17, 15) is 14.4 Å². The van der Waals surface area contributed by atoms with Crippen molar-refractivity contribution in [1.82, 2.24) is 9.99 Å². The van der Waals surface area contributed by atoms with Crippen molar-refractivity contribution < 1.29 is 19.1 Å². The second kappa shape index (κ2) is 10.5. The minimum absolute atomic E-state index is 0.0298. The lowest BCUT2D eigenvalue weighted by molar-refractivity contribution is -0.132. The lowest BCUT2D eigenvalue weighted by Gasteiger charge is -2.14. The number of halogens is 1. The maximum absolute atomic E-state index is 12.9. The quantitative estimate of drug-likeness (QED) is 0.124. The predicted molar refractivity (Wildman–Crippen MR) is 138 cm³/mol. The van der Waals surface area contributed by atoms with Gasteiger partial charge in [-0.25, -0.2) is 5.43 Å². The van der Waals surface area contributed by atoms with Gasteiger partial charge in [0.25, 0.3) is 5.91 Å². The summed E-state index contributed by atoms with van der Waals surface area (Å²) in [6.45, 7) is 3.47. The van der Waals surface area contributed by atoms with Gasteiger partial charge in [0.1, 0.15) is 6.54 Å². The van der Waals surface area contributed by atoms with Crippen molar-refractivity contribution in [2.75, 3.05) is 6.61 Å². The van der Waals surface area contributed by atoms with Gasteiger partial charge in [-0.1, -0.05) is 24.3 Å². The normalized spacial score (nSPS) is 11.2. The number of ether oxygens (including phenoxy) is 2. The summed E-state index contributed by atoms with van der Waals surface area (Å²) >= 11 is 3.38. The minimum atomic E-state index is -0.470. The Labute approximate surface area is 209 Å². The number of amides is 1. The number of hydrogen-bond acceptors (Lipinski definition) is 6. The third-order valence-electron chi connectivity index (χ3n) is 5.16. The van der Waals surface area contributed by atoms with Gasteiger partial charge in [0.05, 0.1) is 28.3 Å². The second-order valence-electron chi connectivity index (χ2n) is 7.60. The molecule has 4 aromatic rings. The number of carbonyl (C=O) groups excluding carboxylic acids is 2. The van der Waals surface area contributed by atoms with Gasteiger partial charge >= 0.3 is 5.97 Å². The van der Waals surface area contributed by atoms with E-state index in [4.69, 9.17) is 9.47 Å². The van der Waals surface area contributed by atoms with Gasteiger partial charge in [-0.15, -0.1) is 0 Å². The molecular weight excluding hydrogens is 514 g/mol.